The molecule has 1 atom stereocenters. The Morgan fingerprint density at radius 3 is 2.10 bits per heavy atom. The maximum atomic E-state index is 13.7. The van der Waals surface area contributed by atoms with Gasteiger partial charge in [0.25, 0.3) is 0 Å². The quantitative estimate of drug-likeness (QED) is 0.848. The van der Waals surface area contributed by atoms with Crippen molar-refractivity contribution in [3.63, 3.8) is 0 Å². The van der Waals surface area contributed by atoms with Gasteiger partial charge < -0.3 is 10.5 Å². The molecule has 114 valence electrons. The number of alkyl halides is 2. The highest BCUT2D eigenvalue weighted by Crippen LogP contribution is 2.31. The summed E-state index contributed by atoms with van der Waals surface area (Å²) in [6.45, 7) is 5.37. The lowest BCUT2D eigenvalue weighted by molar-refractivity contribution is -0.174. The van der Waals surface area contributed by atoms with E-state index in [-0.39, 0.29) is 24.6 Å². The van der Waals surface area contributed by atoms with Gasteiger partial charge in [-0.25, -0.2) is 4.79 Å². The van der Waals surface area contributed by atoms with Crippen LogP contribution in [0.15, 0.2) is 24.3 Å². The van der Waals surface area contributed by atoms with Crippen molar-refractivity contribution in [1.82, 2.24) is 0 Å². The molecule has 0 aromatic heterocycles. The summed E-state index contributed by atoms with van der Waals surface area (Å²) in [4.78, 5) is 11.2. The van der Waals surface area contributed by atoms with Crippen molar-refractivity contribution in [3.05, 3.63) is 35.4 Å². The van der Waals surface area contributed by atoms with Crippen LogP contribution in [0.2, 0.25) is 0 Å². The van der Waals surface area contributed by atoms with Gasteiger partial charge in [0.15, 0.2) is 0 Å². The average Bonchev–Trinajstić information content (AvgIpc) is 2.38. The molecule has 0 saturated carbocycles. The standard InChI is InChI=1S/C14H19F2NO2.ClH/c1-4-19-13(18)14(15,16)12(17)11-7-5-10(6-8-11)9(2)3;/h5-9,12H,4,17H2,1-3H3;1H/t12-;/m1./s1. The number of rotatable bonds is 5. The second-order valence-electron chi connectivity index (χ2n) is 4.64. The predicted molar refractivity (Wildman–Crippen MR) is 76.3 cm³/mol. The molecule has 6 heteroatoms. The van der Waals surface area contributed by atoms with Crippen LogP contribution in [-0.4, -0.2) is 18.5 Å². The lowest BCUT2D eigenvalue weighted by Gasteiger charge is -2.22. The van der Waals surface area contributed by atoms with Crippen LogP contribution in [0.5, 0.6) is 0 Å². The zero-order chi connectivity index (χ0) is 14.6. The van der Waals surface area contributed by atoms with E-state index >= 15 is 0 Å². The Labute approximate surface area is 123 Å². The molecule has 0 radical (unpaired) electrons. The summed E-state index contributed by atoms with van der Waals surface area (Å²) < 4.78 is 31.8. The van der Waals surface area contributed by atoms with Crippen molar-refractivity contribution in [3.8, 4) is 0 Å². The first-order valence-corrected chi connectivity index (χ1v) is 6.21. The number of nitrogens with two attached hydrogens (primary N) is 1. The summed E-state index contributed by atoms with van der Waals surface area (Å²) >= 11 is 0. The van der Waals surface area contributed by atoms with Gasteiger partial charge in [-0.3, -0.25) is 0 Å². The largest absolute Gasteiger partial charge is 0.462 e. The first kappa shape index (κ1) is 18.8. The SMILES string of the molecule is CCOC(=O)C(F)(F)[C@H](N)c1ccc(C(C)C)cc1.Cl. The molecular weight excluding hydrogens is 288 g/mol. The summed E-state index contributed by atoms with van der Waals surface area (Å²) in [5, 5.41) is 0. The van der Waals surface area contributed by atoms with E-state index in [0.29, 0.717) is 5.92 Å². The minimum atomic E-state index is -3.73. The molecule has 1 aromatic carbocycles. The fourth-order valence-electron chi connectivity index (χ4n) is 1.65. The number of halogens is 3. The first-order chi connectivity index (χ1) is 8.80. The van der Waals surface area contributed by atoms with Gasteiger partial charge >= 0.3 is 11.9 Å². The monoisotopic (exact) mass is 307 g/mol. The van der Waals surface area contributed by atoms with Crippen LogP contribution in [-0.2, 0) is 9.53 Å². The molecule has 20 heavy (non-hydrogen) atoms. The smallest absolute Gasteiger partial charge is 0.379 e. The molecule has 0 aliphatic carbocycles. The van der Waals surface area contributed by atoms with Crippen molar-refractivity contribution < 1.29 is 18.3 Å². The van der Waals surface area contributed by atoms with E-state index in [4.69, 9.17) is 5.73 Å². The molecule has 0 heterocycles. The van der Waals surface area contributed by atoms with Gasteiger partial charge in [0.1, 0.15) is 6.04 Å². The fraction of sp³-hybridized carbons (Fsp3) is 0.500. The molecular formula is C14H20ClF2NO2. The van der Waals surface area contributed by atoms with Crippen LogP contribution in [0.25, 0.3) is 0 Å². The van der Waals surface area contributed by atoms with Crippen LogP contribution >= 0.6 is 12.4 Å². The maximum absolute atomic E-state index is 13.7. The molecule has 0 bridgehead atoms. The van der Waals surface area contributed by atoms with Gasteiger partial charge in [0.2, 0.25) is 0 Å². The van der Waals surface area contributed by atoms with Gasteiger partial charge in [0, 0.05) is 0 Å². The zero-order valence-corrected chi connectivity index (χ0v) is 12.5. The number of hydrogen-bond acceptors (Lipinski definition) is 3. The number of ether oxygens (including phenoxy) is 1. The molecule has 0 unspecified atom stereocenters. The van der Waals surface area contributed by atoms with E-state index in [2.05, 4.69) is 4.74 Å². The molecule has 1 rings (SSSR count). The molecule has 0 aliphatic heterocycles. The summed E-state index contributed by atoms with van der Waals surface area (Å²) in [5.74, 6) is -5.01. The van der Waals surface area contributed by atoms with Crippen LogP contribution in [0, 0.1) is 0 Å². The Bertz CT molecular complexity index is 435. The minimum absolute atomic E-state index is 0. The molecule has 3 nitrogen and oxygen atoms in total. The van der Waals surface area contributed by atoms with Crippen LogP contribution < -0.4 is 5.73 Å². The van der Waals surface area contributed by atoms with Crippen molar-refractivity contribution >= 4 is 18.4 Å². The van der Waals surface area contributed by atoms with Crippen molar-refractivity contribution in [1.29, 1.82) is 0 Å². The highest BCUT2D eigenvalue weighted by molar-refractivity contribution is 5.85. The van der Waals surface area contributed by atoms with E-state index in [1.165, 1.54) is 19.1 Å². The van der Waals surface area contributed by atoms with Crippen molar-refractivity contribution in [2.75, 3.05) is 6.61 Å². The Kier molecular flexibility index (Phi) is 7.09. The van der Waals surface area contributed by atoms with E-state index in [1.807, 2.05) is 13.8 Å². The fourth-order valence-corrected chi connectivity index (χ4v) is 1.65. The van der Waals surface area contributed by atoms with Crippen LogP contribution in [0.4, 0.5) is 8.78 Å². The Morgan fingerprint density at radius 2 is 1.70 bits per heavy atom. The minimum Gasteiger partial charge on any atom is -0.462 e. The Morgan fingerprint density at radius 1 is 1.25 bits per heavy atom. The normalized spacial score (nSPS) is 12.8. The Balaban J connectivity index is 0.00000361. The molecule has 0 saturated heterocycles. The van der Waals surface area contributed by atoms with Crippen LogP contribution in [0.3, 0.4) is 0 Å². The summed E-state index contributed by atoms with van der Waals surface area (Å²) in [6, 6.07) is 4.82. The van der Waals surface area contributed by atoms with Gasteiger partial charge in [-0.2, -0.15) is 8.78 Å². The molecule has 0 amide bonds. The number of esters is 1. The summed E-state index contributed by atoms with van der Waals surface area (Å²) in [6.07, 6.45) is 0. The summed E-state index contributed by atoms with van der Waals surface area (Å²) in [5.41, 5.74) is 6.71. The number of carbonyl (C=O) groups excluding carboxylic acids is 1. The predicted octanol–water partition coefficient (Wildman–Crippen LogP) is 3.43. The molecule has 2 N–H and O–H groups in total. The third-order valence-electron chi connectivity index (χ3n) is 2.90. The summed E-state index contributed by atoms with van der Waals surface area (Å²) in [7, 11) is 0. The van der Waals surface area contributed by atoms with Crippen molar-refractivity contribution in [2.24, 2.45) is 5.73 Å². The van der Waals surface area contributed by atoms with E-state index in [0.717, 1.165) is 5.56 Å². The lowest BCUT2D eigenvalue weighted by Crippen LogP contribution is -2.41. The molecule has 1 aromatic rings. The number of benzene rings is 1. The van der Waals surface area contributed by atoms with Gasteiger partial charge in [-0.1, -0.05) is 38.1 Å². The van der Waals surface area contributed by atoms with Gasteiger partial charge in [0.05, 0.1) is 6.61 Å². The lowest BCUT2D eigenvalue weighted by atomic mass is 9.96. The maximum Gasteiger partial charge on any atom is 0.379 e. The van der Waals surface area contributed by atoms with Gasteiger partial charge in [-0.15, -0.1) is 12.4 Å². The van der Waals surface area contributed by atoms with E-state index < -0.39 is 17.9 Å². The van der Waals surface area contributed by atoms with E-state index in [9.17, 15) is 13.6 Å². The first-order valence-electron chi connectivity index (χ1n) is 6.21. The molecule has 0 fully saturated rings. The topological polar surface area (TPSA) is 52.3 Å². The van der Waals surface area contributed by atoms with Crippen LogP contribution in [0.1, 0.15) is 43.9 Å². The zero-order valence-electron chi connectivity index (χ0n) is 11.7. The van der Waals surface area contributed by atoms with Crippen molar-refractivity contribution in [2.45, 2.75) is 38.7 Å². The Hall–Kier alpha value is -1.20. The molecule has 0 spiro atoms. The number of carbonyl (C=O) groups is 1. The second kappa shape index (κ2) is 7.55. The highest BCUT2D eigenvalue weighted by atomic mass is 35.5. The third kappa shape index (κ3) is 4.15. The highest BCUT2D eigenvalue weighted by Gasteiger charge is 2.47. The van der Waals surface area contributed by atoms with Gasteiger partial charge in [-0.05, 0) is 24.0 Å². The second-order valence-corrected chi connectivity index (χ2v) is 4.64. The third-order valence-corrected chi connectivity index (χ3v) is 2.90. The molecule has 0 aliphatic rings. The number of hydrogen-bond donors (Lipinski definition) is 1. The average molecular weight is 308 g/mol. The van der Waals surface area contributed by atoms with E-state index in [1.54, 1.807) is 12.1 Å².